The minimum atomic E-state index is -3.70. The van der Waals surface area contributed by atoms with Crippen LogP contribution in [-0.4, -0.2) is 18.4 Å². The maximum absolute atomic E-state index is 12.2. The summed E-state index contributed by atoms with van der Waals surface area (Å²) < 4.78 is 26.9. The number of aryl methyl sites for hydroxylation is 2. The second kappa shape index (κ2) is 5.22. The van der Waals surface area contributed by atoms with Crippen molar-refractivity contribution in [2.75, 3.05) is 4.72 Å². The Bertz CT molecular complexity index is 675. The summed E-state index contributed by atoms with van der Waals surface area (Å²) in [5, 5.41) is 0.391. The second-order valence-corrected chi connectivity index (χ2v) is 6.14. The van der Waals surface area contributed by atoms with Crippen LogP contribution in [-0.2, 0) is 16.4 Å². The number of hydrogen-bond donors (Lipinski definition) is 2. The normalized spacial score (nSPS) is 11.5. The van der Waals surface area contributed by atoms with Gasteiger partial charge in [0.25, 0.3) is 10.0 Å². The zero-order valence-electron chi connectivity index (χ0n) is 10.6. The van der Waals surface area contributed by atoms with E-state index in [2.05, 4.69) is 14.7 Å². The van der Waals surface area contributed by atoms with E-state index in [9.17, 15) is 8.42 Å². The molecule has 0 amide bonds. The average Bonchev–Trinajstić information content (AvgIpc) is 2.83. The van der Waals surface area contributed by atoms with Gasteiger partial charge in [0.15, 0.2) is 5.03 Å². The predicted octanol–water partition coefficient (Wildman–Crippen LogP) is 2.73. The molecule has 0 atom stereocenters. The lowest BCUT2D eigenvalue weighted by molar-refractivity contribution is 0.598. The number of para-hydroxylation sites is 1. The highest BCUT2D eigenvalue weighted by molar-refractivity contribution is 7.92. The molecule has 2 aromatic rings. The van der Waals surface area contributed by atoms with E-state index in [4.69, 9.17) is 11.6 Å². The molecule has 7 heteroatoms. The largest absolute Gasteiger partial charge is 0.332 e. The number of benzene rings is 1. The number of nitrogens with one attached hydrogen (secondary N) is 2. The van der Waals surface area contributed by atoms with E-state index >= 15 is 0 Å². The summed E-state index contributed by atoms with van der Waals surface area (Å²) in [5.74, 6) is 0.622. The molecule has 0 bridgehead atoms. The van der Waals surface area contributed by atoms with E-state index in [1.807, 2.05) is 6.92 Å². The van der Waals surface area contributed by atoms with E-state index in [1.165, 1.54) is 6.20 Å². The molecule has 102 valence electrons. The molecule has 2 N–H and O–H groups in total. The van der Waals surface area contributed by atoms with Crippen molar-refractivity contribution in [3.05, 3.63) is 40.8 Å². The Balaban J connectivity index is 2.36. The number of nitrogens with zero attached hydrogens (tertiary/aromatic N) is 1. The molecular weight excluding hydrogens is 286 g/mol. The topological polar surface area (TPSA) is 74.8 Å². The van der Waals surface area contributed by atoms with Crippen LogP contribution < -0.4 is 4.72 Å². The SMILES string of the molecule is CCc1ncc(S(=O)(=O)Nc2c(C)cccc2Cl)[nH]1. The Kier molecular flexibility index (Phi) is 3.82. The van der Waals surface area contributed by atoms with Gasteiger partial charge in [-0.1, -0.05) is 30.7 Å². The molecule has 1 aromatic carbocycles. The van der Waals surface area contributed by atoms with Gasteiger partial charge in [-0.3, -0.25) is 4.72 Å². The first-order chi connectivity index (χ1) is 8.94. The van der Waals surface area contributed by atoms with E-state index in [-0.39, 0.29) is 5.03 Å². The number of hydrogen-bond acceptors (Lipinski definition) is 3. The van der Waals surface area contributed by atoms with Crippen molar-refractivity contribution >= 4 is 27.3 Å². The quantitative estimate of drug-likeness (QED) is 0.911. The molecule has 0 unspecified atom stereocenters. The molecule has 0 aliphatic rings. The number of rotatable bonds is 4. The van der Waals surface area contributed by atoms with Crippen molar-refractivity contribution in [2.45, 2.75) is 25.3 Å². The molecule has 0 spiro atoms. The van der Waals surface area contributed by atoms with Crippen LogP contribution >= 0.6 is 11.6 Å². The maximum atomic E-state index is 12.2. The highest BCUT2D eigenvalue weighted by Crippen LogP contribution is 2.27. The summed E-state index contributed by atoms with van der Waals surface area (Å²) in [6, 6.07) is 5.19. The standard InChI is InChI=1S/C12H14ClN3O2S/c1-3-10-14-7-11(15-10)19(17,18)16-12-8(2)5-4-6-9(12)13/h4-7,16H,3H2,1-2H3,(H,14,15). The lowest BCUT2D eigenvalue weighted by Crippen LogP contribution is -2.14. The van der Waals surface area contributed by atoms with Crippen molar-refractivity contribution in [1.82, 2.24) is 9.97 Å². The van der Waals surface area contributed by atoms with Crippen LogP contribution in [0.1, 0.15) is 18.3 Å². The first-order valence-electron chi connectivity index (χ1n) is 5.76. The van der Waals surface area contributed by atoms with Crippen LogP contribution in [0, 0.1) is 6.92 Å². The van der Waals surface area contributed by atoms with Crippen LogP contribution in [0.25, 0.3) is 0 Å². The fraction of sp³-hybridized carbons (Fsp3) is 0.250. The molecule has 5 nitrogen and oxygen atoms in total. The van der Waals surface area contributed by atoms with Gasteiger partial charge in [0.1, 0.15) is 5.82 Å². The van der Waals surface area contributed by atoms with Crippen molar-refractivity contribution in [2.24, 2.45) is 0 Å². The summed E-state index contributed by atoms with van der Waals surface area (Å²) in [5.41, 5.74) is 1.14. The number of anilines is 1. The lowest BCUT2D eigenvalue weighted by atomic mass is 10.2. The van der Waals surface area contributed by atoms with Gasteiger partial charge in [-0.15, -0.1) is 0 Å². The first-order valence-corrected chi connectivity index (χ1v) is 7.62. The lowest BCUT2D eigenvalue weighted by Gasteiger charge is -2.10. The highest BCUT2D eigenvalue weighted by atomic mass is 35.5. The van der Waals surface area contributed by atoms with Crippen molar-refractivity contribution in [3.8, 4) is 0 Å². The Labute approximate surface area is 117 Å². The minimum absolute atomic E-state index is 0.0312. The number of aromatic nitrogens is 2. The van der Waals surface area contributed by atoms with Gasteiger partial charge in [-0.25, -0.2) is 4.98 Å². The first kappa shape index (κ1) is 13.9. The molecule has 19 heavy (non-hydrogen) atoms. The fourth-order valence-corrected chi connectivity index (χ4v) is 3.03. The number of imidazole rings is 1. The van der Waals surface area contributed by atoms with E-state index < -0.39 is 10.0 Å². The molecule has 0 radical (unpaired) electrons. The van der Waals surface area contributed by atoms with Crippen LogP contribution in [0.15, 0.2) is 29.4 Å². The van der Waals surface area contributed by atoms with Crippen LogP contribution in [0.4, 0.5) is 5.69 Å². The number of sulfonamides is 1. The van der Waals surface area contributed by atoms with Gasteiger partial charge in [-0.05, 0) is 18.6 Å². The van der Waals surface area contributed by atoms with E-state index in [0.29, 0.717) is 23.0 Å². The highest BCUT2D eigenvalue weighted by Gasteiger charge is 2.19. The third kappa shape index (κ3) is 2.90. The molecule has 2 rings (SSSR count). The maximum Gasteiger partial charge on any atom is 0.279 e. The van der Waals surface area contributed by atoms with Gasteiger partial charge in [0, 0.05) is 6.42 Å². The fourth-order valence-electron chi connectivity index (χ4n) is 1.61. The molecule has 1 aromatic heterocycles. The molecule has 1 heterocycles. The Morgan fingerprint density at radius 2 is 2.16 bits per heavy atom. The molecule has 0 aliphatic carbocycles. The predicted molar refractivity (Wildman–Crippen MR) is 75.0 cm³/mol. The van der Waals surface area contributed by atoms with E-state index in [0.717, 1.165) is 5.56 Å². The average molecular weight is 300 g/mol. The van der Waals surface area contributed by atoms with Crippen LogP contribution in [0.5, 0.6) is 0 Å². The number of aromatic amines is 1. The van der Waals surface area contributed by atoms with Crippen molar-refractivity contribution < 1.29 is 8.42 Å². The third-order valence-corrected chi connectivity index (χ3v) is 4.26. The van der Waals surface area contributed by atoms with Gasteiger partial charge in [0.05, 0.1) is 16.9 Å². The zero-order chi connectivity index (χ0) is 14.0. The zero-order valence-corrected chi connectivity index (χ0v) is 12.1. The van der Waals surface area contributed by atoms with E-state index in [1.54, 1.807) is 25.1 Å². The monoisotopic (exact) mass is 299 g/mol. The molecule has 0 saturated carbocycles. The third-order valence-electron chi connectivity index (χ3n) is 2.69. The molecular formula is C12H14ClN3O2S. The Morgan fingerprint density at radius 1 is 1.42 bits per heavy atom. The van der Waals surface area contributed by atoms with Gasteiger partial charge in [0.2, 0.25) is 0 Å². The Hall–Kier alpha value is -1.53. The summed E-state index contributed by atoms with van der Waals surface area (Å²) in [6.45, 7) is 3.68. The van der Waals surface area contributed by atoms with Crippen LogP contribution in [0.3, 0.4) is 0 Å². The molecule has 0 saturated heterocycles. The molecule has 0 aliphatic heterocycles. The minimum Gasteiger partial charge on any atom is -0.332 e. The summed E-state index contributed by atoms with van der Waals surface area (Å²) in [6.07, 6.45) is 1.94. The number of halogens is 1. The van der Waals surface area contributed by atoms with Crippen LogP contribution in [0.2, 0.25) is 5.02 Å². The van der Waals surface area contributed by atoms with Crippen molar-refractivity contribution in [1.29, 1.82) is 0 Å². The van der Waals surface area contributed by atoms with Crippen molar-refractivity contribution in [3.63, 3.8) is 0 Å². The summed E-state index contributed by atoms with van der Waals surface area (Å²) in [7, 11) is -3.70. The second-order valence-electron chi connectivity index (χ2n) is 4.08. The Morgan fingerprint density at radius 3 is 2.74 bits per heavy atom. The summed E-state index contributed by atoms with van der Waals surface area (Å²) >= 11 is 6.00. The van der Waals surface area contributed by atoms with Gasteiger partial charge < -0.3 is 4.98 Å². The van der Waals surface area contributed by atoms with Gasteiger partial charge >= 0.3 is 0 Å². The molecule has 0 fully saturated rings. The number of H-pyrrole nitrogens is 1. The smallest absolute Gasteiger partial charge is 0.279 e. The van der Waals surface area contributed by atoms with Gasteiger partial charge in [-0.2, -0.15) is 8.42 Å². The summed E-state index contributed by atoms with van der Waals surface area (Å²) in [4.78, 5) is 6.74.